The van der Waals surface area contributed by atoms with Gasteiger partial charge in [-0.2, -0.15) is 4.31 Å². The molecule has 4 aliphatic heterocycles. The van der Waals surface area contributed by atoms with Crippen LogP contribution in [0, 0.1) is 0 Å². The number of morpholine rings is 1. The number of hydrogen-bond acceptors (Lipinski definition) is 8. The molecule has 0 aromatic heterocycles. The minimum absolute atomic E-state index is 0.0115. The number of sulfonamides is 1. The van der Waals surface area contributed by atoms with Crippen LogP contribution in [0.3, 0.4) is 0 Å². The second kappa shape index (κ2) is 11.1. The molecule has 5 rings (SSSR count). The SMILES string of the molecule is CC(C)NC(=O)N1CCC2(CCOc3cc(N4CCOCC4)ccc3S(=O)(=O)N3C[C@H](O)C[C@H]3C(=O)N2)CC1. The maximum absolute atomic E-state index is 13.9. The number of piperidine rings is 1. The van der Waals surface area contributed by atoms with Gasteiger partial charge in [0, 0.05) is 68.9 Å². The van der Waals surface area contributed by atoms with Gasteiger partial charge in [0.1, 0.15) is 16.7 Å². The largest absolute Gasteiger partial charge is 0.492 e. The predicted molar refractivity (Wildman–Crippen MR) is 143 cm³/mol. The van der Waals surface area contributed by atoms with Crippen LogP contribution in [0.25, 0.3) is 0 Å². The van der Waals surface area contributed by atoms with Crippen molar-refractivity contribution in [2.24, 2.45) is 0 Å². The lowest BCUT2D eigenvalue weighted by Crippen LogP contribution is -2.60. The number of nitrogens with one attached hydrogen (secondary N) is 2. The molecule has 3 fully saturated rings. The van der Waals surface area contributed by atoms with Crippen LogP contribution >= 0.6 is 0 Å². The third-order valence-electron chi connectivity index (χ3n) is 8.07. The van der Waals surface area contributed by atoms with Gasteiger partial charge < -0.3 is 35.0 Å². The fraction of sp³-hybridized carbons (Fsp3) is 0.692. The van der Waals surface area contributed by atoms with Gasteiger partial charge in [0.15, 0.2) is 0 Å². The van der Waals surface area contributed by atoms with Gasteiger partial charge in [-0.15, -0.1) is 0 Å². The van der Waals surface area contributed by atoms with Crippen molar-refractivity contribution in [3.05, 3.63) is 18.2 Å². The summed E-state index contributed by atoms with van der Waals surface area (Å²) in [5.41, 5.74) is 0.176. The smallest absolute Gasteiger partial charge is 0.317 e. The quantitative estimate of drug-likeness (QED) is 0.471. The van der Waals surface area contributed by atoms with Crippen LogP contribution in [0.4, 0.5) is 10.5 Å². The van der Waals surface area contributed by atoms with Crippen molar-refractivity contribution in [3.63, 3.8) is 0 Å². The molecule has 12 nitrogen and oxygen atoms in total. The number of aliphatic hydroxyl groups excluding tert-OH is 1. The van der Waals surface area contributed by atoms with Crippen molar-refractivity contribution >= 4 is 27.6 Å². The number of aliphatic hydroxyl groups is 1. The van der Waals surface area contributed by atoms with Gasteiger partial charge in [-0.3, -0.25) is 4.79 Å². The fourth-order valence-electron chi connectivity index (χ4n) is 5.87. The van der Waals surface area contributed by atoms with Crippen molar-refractivity contribution in [2.45, 2.75) is 68.2 Å². The van der Waals surface area contributed by atoms with Crippen LogP contribution in [0.2, 0.25) is 0 Å². The molecule has 0 unspecified atom stereocenters. The van der Waals surface area contributed by atoms with E-state index in [0.29, 0.717) is 58.7 Å². The van der Waals surface area contributed by atoms with Crippen LogP contribution in [0.15, 0.2) is 23.1 Å². The van der Waals surface area contributed by atoms with Crippen LogP contribution < -0.4 is 20.3 Å². The number of rotatable bonds is 2. The average molecular weight is 566 g/mol. The summed E-state index contributed by atoms with van der Waals surface area (Å²) in [7, 11) is -4.14. The van der Waals surface area contributed by atoms with Crippen molar-refractivity contribution in [1.29, 1.82) is 0 Å². The monoisotopic (exact) mass is 565 g/mol. The van der Waals surface area contributed by atoms with Crippen molar-refractivity contribution in [2.75, 3.05) is 57.4 Å². The molecule has 39 heavy (non-hydrogen) atoms. The summed E-state index contributed by atoms with van der Waals surface area (Å²) >= 11 is 0. The summed E-state index contributed by atoms with van der Waals surface area (Å²) in [6, 6.07) is 3.88. The standard InChI is InChI=1S/C26H39N5O7S/c1-18(2)27-25(34)30-8-5-26(6-9-30)7-12-38-22-15-19(29-10-13-37-14-11-29)3-4-23(22)39(35,36)31-17-20(32)16-21(31)24(33)28-26/h3-4,15,18,20-21,32H,5-14,16-17H2,1-2H3,(H,27,34)(H,28,33)/t20-,21+/m1/s1. The molecule has 216 valence electrons. The number of nitrogens with zero attached hydrogens (tertiary/aromatic N) is 3. The van der Waals surface area contributed by atoms with E-state index in [4.69, 9.17) is 9.47 Å². The van der Waals surface area contributed by atoms with Crippen molar-refractivity contribution in [1.82, 2.24) is 19.8 Å². The van der Waals surface area contributed by atoms with Crippen LogP contribution in [-0.4, -0.2) is 111 Å². The van der Waals surface area contributed by atoms with Crippen molar-refractivity contribution in [3.8, 4) is 5.75 Å². The number of urea groups is 1. The lowest BCUT2D eigenvalue weighted by molar-refractivity contribution is -0.127. The Morgan fingerprint density at radius 1 is 1.13 bits per heavy atom. The van der Waals surface area contributed by atoms with Gasteiger partial charge in [0.2, 0.25) is 15.9 Å². The number of benzene rings is 1. The third-order valence-corrected chi connectivity index (χ3v) is 9.99. The first-order chi connectivity index (χ1) is 18.6. The number of carbonyl (C=O) groups is 2. The van der Waals surface area contributed by atoms with E-state index in [-0.39, 0.29) is 42.3 Å². The lowest BCUT2D eigenvalue weighted by atomic mass is 9.84. The summed E-state index contributed by atoms with van der Waals surface area (Å²) in [5, 5.41) is 16.5. The molecule has 4 aliphatic rings. The topological polar surface area (TPSA) is 141 Å². The third kappa shape index (κ3) is 5.81. The summed E-state index contributed by atoms with van der Waals surface area (Å²) in [6.07, 6.45) is 0.543. The number of anilines is 1. The molecular formula is C26H39N5O7S. The Morgan fingerprint density at radius 2 is 1.85 bits per heavy atom. The molecule has 0 aliphatic carbocycles. The van der Waals surface area contributed by atoms with Crippen LogP contribution in [0.1, 0.15) is 39.5 Å². The number of amides is 3. The first-order valence-electron chi connectivity index (χ1n) is 13.7. The van der Waals surface area contributed by atoms with E-state index in [0.717, 1.165) is 9.99 Å². The molecule has 2 atom stereocenters. The maximum Gasteiger partial charge on any atom is 0.317 e. The Hall–Kier alpha value is -2.61. The second-order valence-electron chi connectivity index (χ2n) is 11.2. The Morgan fingerprint density at radius 3 is 2.54 bits per heavy atom. The molecule has 13 heteroatoms. The zero-order valence-electron chi connectivity index (χ0n) is 22.6. The predicted octanol–water partition coefficient (Wildman–Crippen LogP) is 0.498. The van der Waals surface area contributed by atoms with Gasteiger partial charge in [-0.25, -0.2) is 13.2 Å². The number of ether oxygens (including phenoxy) is 2. The Balaban J connectivity index is 1.45. The van der Waals surface area contributed by atoms with E-state index < -0.39 is 33.6 Å². The first-order valence-corrected chi connectivity index (χ1v) is 15.2. The van der Waals surface area contributed by atoms with Crippen LogP contribution in [0.5, 0.6) is 5.75 Å². The lowest BCUT2D eigenvalue weighted by Gasteiger charge is -2.43. The number of carbonyl (C=O) groups excluding carboxylic acids is 2. The van der Waals surface area contributed by atoms with Gasteiger partial charge >= 0.3 is 6.03 Å². The van der Waals surface area contributed by atoms with Gasteiger partial charge in [-0.05, 0) is 38.8 Å². The number of hydrogen-bond donors (Lipinski definition) is 3. The first kappa shape index (κ1) is 27.9. The molecule has 1 spiro atoms. The highest BCUT2D eigenvalue weighted by molar-refractivity contribution is 7.89. The summed E-state index contributed by atoms with van der Waals surface area (Å²) in [5.74, 6) is -0.194. The molecule has 0 radical (unpaired) electrons. The molecule has 0 bridgehead atoms. The van der Waals surface area contributed by atoms with Gasteiger partial charge in [0.25, 0.3) is 0 Å². The van der Waals surface area contributed by atoms with Crippen molar-refractivity contribution < 1.29 is 32.6 Å². The number of fused-ring (bicyclic) bond motifs is 2. The molecule has 3 saturated heterocycles. The summed E-state index contributed by atoms with van der Waals surface area (Å²) < 4.78 is 40.5. The van der Waals surface area contributed by atoms with Gasteiger partial charge in [-0.1, -0.05) is 0 Å². The van der Waals surface area contributed by atoms with E-state index in [1.165, 1.54) is 6.07 Å². The highest BCUT2D eigenvalue weighted by Crippen LogP contribution is 2.37. The summed E-state index contributed by atoms with van der Waals surface area (Å²) in [4.78, 5) is 30.0. The molecule has 3 amide bonds. The highest BCUT2D eigenvalue weighted by atomic mass is 32.2. The minimum atomic E-state index is -4.14. The Labute approximate surface area is 229 Å². The molecule has 1 aromatic carbocycles. The van der Waals surface area contributed by atoms with E-state index in [1.807, 2.05) is 13.8 Å². The zero-order chi connectivity index (χ0) is 27.8. The average Bonchev–Trinajstić information content (AvgIpc) is 3.31. The molecule has 4 heterocycles. The Kier molecular flexibility index (Phi) is 7.96. The minimum Gasteiger partial charge on any atom is -0.492 e. The molecule has 1 aromatic rings. The maximum atomic E-state index is 13.9. The molecular weight excluding hydrogens is 526 g/mol. The molecule has 3 N–H and O–H groups in total. The normalized spacial score (nSPS) is 27.2. The Bertz CT molecular complexity index is 1180. The molecule has 0 saturated carbocycles. The van der Waals surface area contributed by atoms with Crippen LogP contribution in [-0.2, 0) is 19.6 Å². The zero-order valence-corrected chi connectivity index (χ0v) is 23.4. The fourth-order valence-corrected chi connectivity index (χ4v) is 7.62. The van der Waals surface area contributed by atoms with E-state index in [1.54, 1.807) is 17.0 Å². The van der Waals surface area contributed by atoms with Gasteiger partial charge in [0.05, 0.1) is 25.9 Å². The summed E-state index contributed by atoms with van der Waals surface area (Å²) in [6.45, 7) is 7.30. The number of likely N-dealkylation sites (tertiary alicyclic amines) is 1. The van der Waals surface area contributed by atoms with E-state index in [9.17, 15) is 23.1 Å². The van der Waals surface area contributed by atoms with E-state index in [2.05, 4.69) is 15.5 Å². The highest BCUT2D eigenvalue weighted by Gasteiger charge is 2.47. The van der Waals surface area contributed by atoms with E-state index >= 15 is 0 Å². The second-order valence-corrected chi connectivity index (χ2v) is 13.0.